The fourth-order valence-corrected chi connectivity index (χ4v) is 1.74. The van der Waals surface area contributed by atoms with Gasteiger partial charge in [0.1, 0.15) is 16.8 Å². The van der Waals surface area contributed by atoms with Crippen LogP contribution in [0, 0.1) is 6.92 Å². The SMILES string of the molecule is Cc1c(Cl)nc(C(C)(C)C)nc1Nc1cnn(C)c1. The molecule has 2 rings (SSSR count). The van der Waals surface area contributed by atoms with Gasteiger partial charge in [0.2, 0.25) is 0 Å². The molecule has 0 spiro atoms. The average molecular weight is 280 g/mol. The number of rotatable bonds is 2. The molecule has 0 unspecified atom stereocenters. The lowest BCUT2D eigenvalue weighted by Crippen LogP contribution is -2.17. The molecule has 0 bridgehead atoms. The van der Waals surface area contributed by atoms with Gasteiger partial charge in [-0.25, -0.2) is 9.97 Å². The van der Waals surface area contributed by atoms with Crippen molar-refractivity contribution in [2.75, 3.05) is 5.32 Å². The van der Waals surface area contributed by atoms with E-state index in [1.807, 2.05) is 20.2 Å². The van der Waals surface area contributed by atoms with Gasteiger partial charge in [-0.2, -0.15) is 5.10 Å². The van der Waals surface area contributed by atoms with E-state index in [-0.39, 0.29) is 5.41 Å². The smallest absolute Gasteiger partial charge is 0.138 e. The van der Waals surface area contributed by atoms with Crippen molar-refractivity contribution in [3.05, 3.63) is 28.9 Å². The molecule has 0 radical (unpaired) electrons. The molecule has 102 valence electrons. The minimum Gasteiger partial charge on any atom is -0.337 e. The second-order valence-corrected chi connectivity index (χ2v) is 5.95. The number of anilines is 2. The zero-order valence-electron chi connectivity index (χ0n) is 11.8. The lowest BCUT2D eigenvalue weighted by molar-refractivity contribution is 0.545. The van der Waals surface area contributed by atoms with Crippen molar-refractivity contribution in [2.45, 2.75) is 33.1 Å². The number of hydrogen-bond donors (Lipinski definition) is 1. The Kier molecular flexibility index (Phi) is 3.49. The molecule has 5 nitrogen and oxygen atoms in total. The third kappa shape index (κ3) is 3.04. The Bertz CT molecular complexity index is 598. The first-order valence-electron chi connectivity index (χ1n) is 6.07. The summed E-state index contributed by atoms with van der Waals surface area (Å²) in [5, 5.41) is 7.82. The monoisotopic (exact) mass is 279 g/mol. The molecule has 0 saturated carbocycles. The van der Waals surface area contributed by atoms with E-state index in [9.17, 15) is 0 Å². The molecule has 0 saturated heterocycles. The van der Waals surface area contributed by atoms with E-state index in [2.05, 4.69) is 41.2 Å². The van der Waals surface area contributed by atoms with E-state index >= 15 is 0 Å². The molecule has 0 amide bonds. The van der Waals surface area contributed by atoms with Crippen LogP contribution in [0.2, 0.25) is 5.15 Å². The van der Waals surface area contributed by atoms with Crippen LogP contribution < -0.4 is 5.32 Å². The largest absolute Gasteiger partial charge is 0.337 e. The predicted molar refractivity (Wildman–Crippen MR) is 77.0 cm³/mol. The first-order valence-corrected chi connectivity index (χ1v) is 6.45. The Labute approximate surface area is 118 Å². The second kappa shape index (κ2) is 4.81. The third-order valence-electron chi connectivity index (χ3n) is 2.72. The van der Waals surface area contributed by atoms with E-state index < -0.39 is 0 Å². The zero-order valence-corrected chi connectivity index (χ0v) is 12.6. The van der Waals surface area contributed by atoms with Gasteiger partial charge in [0.25, 0.3) is 0 Å². The molecule has 2 aromatic rings. The number of aromatic nitrogens is 4. The van der Waals surface area contributed by atoms with Crippen LogP contribution in [0.1, 0.15) is 32.2 Å². The topological polar surface area (TPSA) is 55.6 Å². The Hall–Kier alpha value is -1.62. The van der Waals surface area contributed by atoms with Crippen LogP contribution in [-0.2, 0) is 12.5 Å². The van der Waals surface area contributed by atoms with Crippen LogP contribution in [0.3, 0.4) is 0 Å². The fraction of sp³-hybridized carbons (Fsp3) is 0.462. The van der Waals surface area contributed by atoms with Crippen molar-refractivity contribution >= 4 is 23.1 Å². The van der Waals surface area contributed by atoms with E-state index in [0.717, 1.165) is 22.9 Å². The molecule has 0 aromatic carbocycles. The molecule has 0 atom stereocenters. The van der Waals surface area contributed by atoms with Crippen LogP contribution in [0.4, 0.5) is 11.5 Å². The van der Waals surface area contributed by atoms with Gasteiger partial charge in [-0.15, -0.1) is 0 Å². The Morgan fingerprint density at radius 2 is 1.95 bits per heavy atom. The average Bonchev–Trinajstić information content (AvgIpc) is 2.69. The highest BCUT2D eigenvalue weighted by Crippen LogP contribution is 2.27. The number of nitrogens with zero attached hydrogens (tertiary/aromatic N) is 4. The lowest BCUT2D eigenvalue weighted by Gasteiger charge is -2.19. The standard InChI is InChI=1S/C13H18ClN5/c1-8-10(14)17-12(13(2,3)4)18-11(8)16-9-6-15-19(5)7-9/h6-7H,1-5H3,(H,16,17,18). The summed E-state index contributed by atoms with van der Waals surface area (Å²) in [5.41, 5.74) is 1.56. The number of aryl methyl sites for hydroxylation is 1. The summed E-state index contributed by atoms with van der Waals surface area (Å²) in [6.07, 6.45) is 3.62. The Balaban J connectivity index is 2.41. The highest BCUT2D eigenvalue weighted by atomic mass is 35.5. The summed E-state index contributed by atoms with van der Waals surface area (Å²) in [7, 11) is 1.87. The van der Waals surface area contributed by atoms with Crippen LogP contribution in [0.15, 0.2) is 12.4 Å². The third-order valence-corrected chi connectivity index (χ3v) is 3.09. The molecule has 0 fully saturated rings. The number of nitrogens with one attached hydrogen (secondary N) is 1. The van der Waals surface area contributed by atoms with E-state index in [1.165, 1.54) is 0 Å². The summed E-state index contributed by atoms with van der Waals surface area (Å²) in [5.74, 6) is 1.44. The minimum absolute atomic E-state index is 0.150. The van der Waals surface area contributed by atoms with E-state index in [4.69, 9.17) is 11.6 Å². The minimum atomic E-state index is -0.150. The molecule has 0 aliphatic carbocycles. The van der Waals surface area contributed by atoms with Crippen molar-refractivity contribution in [1.82, 2.24) is 19.7 Å². The van der Waals surface area contributed by atoms with Crippen molar-refractivity contribution < 1.29 is 0 Å². The lowest BCUT2D eigenvalue weighted by atomic mass is 9.95. The molecule has 19 heavy (non-hydrogen) atoms. The highest BCUT2D eigenvalue weighted by molar-refractivity contribution is 6.30. The zero-order chi connectivity index (χ0) is 14.2. The Morgan fingerprint density at radius 1 is 1.26 bits per heavy atom. The van der Waals surface area contributed by atoms with Gasteiger partial charge in [-0.05, 0) is 6.92 Å². The van der Waals surface area contributed by atoms with Crippen LogP contribution in [0.5, 0.6) is 0 Å². The molecule has 0 aliphatic heterocycles. The predicted octanol–water partition coefficient (Wildman–Crippen LogP) is 3.21. The maximum atomic E-state index is 6.18. The van der Waals surface area contributed by atoms with Gasteiger partial charge >= 0.3 is 0 Å². The number of hydrogen-bond acceptors (Lipinski definition) is 4. The van der Waals surface area contributed by atoms with Crippen molar-refractivity contribution in [2.24, 2.45) is 7.05 Å². The van der Waals surface area contributed by atoms with Crippen LogP contribution in [0.25, 0.3) is 0 Å². The first-order chi connectivity index (χ1) is 8.77. The highest BCUT2D eigenvalue weighted by Gasteiger charge is 2.20. The fourth-order valence-electron chi connectivity index (χ4n) is 1.57. The van der Waals surface area contributed by atoms with E-state index in [0.29, 0.717) is 5.15 Å². The first kappa shape index (κ1) is 13.8. The Morgan fingerprint density at radius 3 is 2.47 bits per heavy atom. The van der Waals surface area contributed by atoms with Crippen molar-refractivity contribution in [1.29, 1.82) is 0 Å². The van der Waals surface area contributed by atoms with E-state index in [1.54, 1.807) is 10.9 Å². The molecule has 2 aromatic heterocycles. The van der Waals surface area contributed by atoms with Crippen LogP contribution >= 0.6 is 11.6 Å². The van der Waals surface area contributed by atoms with Crippen molar-refractivity contribution in [3.63, 3.8) is 0 Å². The summed E-state index contributed by atoms with van der Waals surface area (Å²) in [4.78, 5) is 8.91. The normalized spacial score (nSPS) is 11.7. The van der Waals surface area contributed by atoms with Crippen molar-refractivity contribution in [3.8, 4) is 0 Å². The van der Waals surface area contributed by atoms with Gasteiger partial charge in [0, 0.05) is 24.2 Å². The quantitative estimate of drug-likeness (QED) is 0.858. The van der Waals surface area contributed by atoms with Gasteiger partial charge in [0.05, 0.1) is 11.9 Å². The molecule has 1 N–H and O–H groups in total. The summed E-state index contributed by atoms with van der Waals surface area (Å²) < 4.78 is 1.73. The summed E-state index contributed by atoms with van der Waals surface area (Å²) in [6.45, 7) is 8.07. The van der Waals surface area contributed by atoms with Gasteiger partial charge in [-0.1, -0.05) is 32.4 Å². The van der Waals surface area contributed by atoms with Gasteiger partial charge in [0.15, 0.2) is 0 Å². The molecular formula is C13H18ClN5. The molecule has 2 heterocycles. The van der Waals surface area contributed by atoms with Gasteiger partial charge in [-0.3, -0.25) is 4.68 Å². The molecule has 0 aliphatic rings. The summed E-state index contributed by atoms with van der Waals surface area (Å²) >= 11 is 6.18. The molecular weight excluding hydrogens is 262 g/mol. The summed E-state index contributed by atoms with van der Waals surface area (Å²) in [6, 6.07) is 0. The maximum absolute atomic E-state index is 6.18. The van der Waals surface area contributed by atoms with Gasteiger partial charge < -0.3 is 5.32 Å². The second-order valence-electron chi connectivity index (χ2n) is 5.59. The van der Waals surface area contributed by atoms with Crippen LogP contribution in [-0.4, -0.2) is 19.7 Å². The number of halogens is 1. The maximum Gasteiger partial charge on any atom is 0.138 e. The molecule has 6 heteroatoms.